The topological polar surface area (TPSA) is 91.7 Å². The van der Waals surface area contributed by atoms with Gasteiger partial charge in [-0.15, -0.1) is 13.2 Å². The molecule has 7 nitrogen and oxygen atoms in total. The smallest absolute Gasteiger partial charge is 0.435 e. The lowest BCUT2D eigenvalue weighted by Crippen LogP contribution is -2.20. The van der Waals surface area contributed by atoms with Crippen molar-refractivity contribution in [3.05, 3.63) is 89.0 Å². The van der Waals surface area contributed by atoms with E-state index in [1.54, 1.807) is 0 Å². The zero-order chi connectivity index (χ0) is 24.0. The Balaban J connectivity index is 1.99. The normalized spacial score (nSPS) is 12.4. The third-order valence-corrected chi connectivity index (χ3v) is 3.93. The molecule has 0 fully saturated rings. The number of alkyl halides is 5. The summed E-state index contributed by atoms with van der Waals surface area (Å²) in [6.07, 6.45) is -1.20. The molecule has 0 aliphatic heterocycles. The third kappa shape index (κ3) is 6.63. The molecule has 0 spiro atoms. The molecule has 0 unspecified atom stereocenters. The van der Waals surface area contributed by atoms with E-state index in [2.05, 4.69) is 19.6 Å². The number of hydrogen-bond acceptors (Lipinski definition) is 6. The van der Waals surface area contributed by atoms with Gasteiger partial charge in [0, 0.05) is 18.3 Å². The van der Waals surface area contributed by atoms with Gasteiger partial charge in [-0.2, -0.15) is 13.9 Å². The van der Waals surface area contributed by atoms with E-state index in [4.69, 9.17) is 5.73 Å². The van der Waals surface area contributed by atoms with E-state index < -0.39 is 24.2 Å². The fraction of sp³-hybridized carbons (Fsp3) is 0.0952. The van der Waals surface area contributed by atoms with Crippen molar-refractivity contribution < 1.29 is 31.4 Å². The first-order valence-corrected chi connectivity index (χ1v) is 9.13. The molecule has 0 amide bonds. The number of halogens is 5. The van der Waals surface area contributed by atoms with Gasteiger partial charge in [0.1, 0.15) is 11.5 Å². The number of nitrogens with zero attached hydrogens (tertiary/aromatic N) is 3. The summed E-state index contributed by atoms with van der Waals surface area (Å²) < 4.78 is 71.5. The van der Waals surface area contributed by atoms with Crippen LogP contribution in [-0.2, 0) is 0 Å². The highest BCUT2D eigenvalue weighted by Crippen LogP contribution is 2.26. The first-order valence-electron chi connectivity index (χ1n) is 9.13. The first-order chi connectivity index (χ1) is 15.6. The average Bonchev–Trinajstić information content (AvgIpc) is 2.73. The fourth-order valence-electron chi connectivity index (χ4n) is 2.66. The summed E-state index contributed by atoms with van der Waals surface area (Å²) >= 11 is 0. The van der Waals surface area contributed by atoms with E-state index in [1.165, 1.54) is 59.4 Å². The molecule has 0 bridgehead atoms. The molecular formula is C21H15F5N4O3. The van der Waals surface area contributed by atoms with E-state index >= 15 is 0 Å². The van der Waals surface area contributed by atoms with Crippen molar-refractivity contribution in [3.63, 3.8) is 0 Å². The molecule has 0 radical (unpaired) electrons. The number of aliphatic imine (C=N–C) groups is 1. The van der Waals surface area contributed by atoms with E-state index in [0.717, 1.165) is 18.3 Å². The maximum absolute atomic E-state index is 12.5. The average molecular weight is 466 g/mol. The molecule has 0 atom stereocenters. The number of rotatable bonds is 7. The number of aromatic nitrogens is 2. The highest BCUT2D eigenvalue weighted by atomic mass is 19.4. The van der Waals surface area contributed by atoms with Gasteiger partial charge in [0.2, 0.25) is 5.43 Å². The van der Waals surface area contributed by atoms with Crippen molar-refractivity contribution in [2.45, 2.75) is 13.0 Å². The molecule has 1 heterocycles. The number of benzene rings is 2. The molecule has 1 aromatic heterocycles. The van der Waals surface area contributed by atoms with Crippen molar-refractivity contribution in [1.82, 2.24) is 9.78 Å². The lowest BCUT2D eigenvalue weighted by atomic mass is 10.2. The van der Waals surface area contributed by atoms with Crippen LogP contribution in [0.2, 0.25) is 0 Å². The Kier molecular flexibility index (Phi) is 7.06. The maximum atomic E-state index is 12.5. The Hall–Kier alpha value is -4.22. The van der Waals surface area contributed by atoms with Gasteiger partial charge in [0.25, 0.3) is 0 Å². The van der Waals surface area contributed by atoms with Gasteiger partial charge in [-0.25, -0.2) is 9.67 Å². The van der Waals surface area contributed by atoms with E-state index in [-0.39, 0.29) is 22.8 Å². The predicted octanol–water partition coefficient (Wildman–Crippen LogP) is 4.33. The monoisotopic (exact) mass is 466 g/mol. The summed E-state index contributed by atoms with van der Waals surface area (Å²) in [5.41, 5.74) is 5.18. The van der Waals surface area contributed by atoms with Gasteiger partial charge >= 0.3 is 13.0 Å². The highest BCUT2D eigenvalue weighted by Gasteiger charge is 2.31. The number of hydrogen-bond donors (Lipinski definition) is 1. The zero-order valence-corrected chi connectivity index (χ0v) is 16.5. The number of nitrogens with two attached hydrogens (primary N) is 1. The van der Waals surface area contributed by atoms with Crippen LogP contribution in [0.4, 0.5) is 27.6 Å². The van der Waals surface area contributed by atoms with E-state index in [9.17, 15) is 26.7 Å². The lowest BCUT2D eigenvalue weighted by Gasteiger charge is -2.10. The summed E-state index contributed by atoms with van der Waals surface area (Å²) in [4.78, 5) is 16.6. The van der Waals surface area contributed by atoms with Crippen LogP contribution >= 0.6 is 0 Å². The molecule has 0 saturated carbocycles. The molecule has 0 saturated heterocycles. The summed E-state index contributed by atoms with van der Waals surface area (Å²) in [5, 5.41) is 4.20. The van der Waals surface area contributed by atoms with Crippen LogP contribution in [0, 0.1) is 0 Å². The summed E-state index contributed by atoms with van der Waals surface area (Å²) in [6.45, 7) is -2.98. The van der Waals surface area contributed by atoms with Crippen molar-refractivity contribution in [2.75, 3.05) is 0 Å². The van der Waals surface area contributed by atoms with Crippen molar-refractivity contribution in [2.24, 2.45) is 10.7 Å². The van der Waals surface area contributed by atoms with Crippen molar-refractivity contribution in [3.8, 4) is 17.2 Å². The van der Waals surface area contributed by atoms with Crippen LogP contribution in [0.5, 0.6) is 11.5 Å². The summed E-state index contributed by atoms with van der Waals surface area (Å²) in [7, 11) is 0. The number of allylic oxidation sites excluding steroid dienone is 1. The second-order valence-electron chi connectivity index (χ2n) is 6.25. The predicted molar refractivity (Wildman–Crippen MR) is 109 cm³/mol. The van der Waals surface area contributed by atoms with Crippen LogP contribution < -0.4 is 20.6 Å². The quantitative estimate of drug-likeness (QED) is 0.414. The minimum Gasteiger partial charge on any atom is -0.435 e. The third-order valence-electron chi connectivity index (χ3n) is 3.93. The molecule has 2 N–H and O–H groups in total. The maximum Gasteiger partial charge on any atom is 0.573 e. The van der Waals surface area contributed by atoms with Crippen LogP contribution in [0.25, 0.3) is 5.69 Å². The minimum absolute atomic E-state index is 0.0290. The Morgan fingerprint density at radius 1 is 1.09 bits per heavy atom. The molecule has 0 aliphatic rings. The Morgan fingerprint density at radius 3 is 2.45 bits per heavy atom. The molecule has 3 aromatic rings. The molecule has 3 rings (SSSR count). The van der Waals surface area contributed by atoms with Gasteiger partial charge in [-0.05, 0) is 48.7 Å². The molecule has 172 valence electrons. The summed E-state index contributed by atoms with van der Waals surface area (Å²) in [5.74, 6) is -0.561. The lowest BCUT2D eigenvalue weighted by molar-refractivity contribution is -0.274. The van der Waals surface area contributed by atoms with Gasteiger partial charge in [-0.1, -0.05) is 6.07 Å². The highest BCUT2D eigenvalue weighted by molar-refractivity contribution is 6.08. The van der Waals surface area contributed by atoms with Crippen LogP contribution in [0.15, 0.2) is 82.9 Å². The molecule has 33 heavy (non-hydrogen) atoms. The Morgan fingerprint density at radius 2 is 1.82 bits per heavy atom. The molecule has 0 aliphatic carbocycles. The molecular weight excluding hydrogens is 451 g/mol. The van der Waals surface area contributed by atoms with Crippen LogP contribution in [-0.4, -0.2) is 28.5 Å². The van der Waals surface area contributed by atoms with Crippen LogP contribution in [0.1, 0.15) is 5.69 Å². The standard InChI is InChI=1S/C21H15F5N4O3/c22-20(23)32-15-6-4-14(5-7-15)30-11-9-18(31)19(29-30)17(8-10-27)28-13-2-1-3-16(12-13)33-21(24,25)26/h1-12,20H,27H2. The Labute approximate surface area is 183 Å². The molecule has 12 heteroatoms. The van der Waals surface area contributed by atoms with Gasteiger partial charge in [0.15, 0.2) is 5.69 Å². The zero-order valence-electron chi connectivity index (χ0n) is 16.5. The van der Waals surface area contributed by atoms with E-state index in [0.29, 0.717) is 5.69 Å². The van der Waals surface area contributed by atoms with Crippen molar-refractivity contribution >= 4 is 11.4 Å². The van der Waals surface area contributed by atoms with Gasteiger partial charge in [0.05, 0.1) is 17.1 Å². The second kappa shape index (κ2) is 9.94. The van der Waals surface area contributed by atoms with Gasteiger partial charge < -0.3 is 15.2 Å². The van der Waals surface area contributed by atoms with E-state index in [1.807, 2.05) is 0 Å². The van der Waals surface area contributed by atoms with Crippen LogP contribution in [0.3, 0.4) is 0 Å². The first kappa shape index (κ1) is 23.4. The SMILES string of the molecule is NC=CC(=Nc1cccc(OC(F)(F)F)c1)c1nn(-c2ccc(OC(F)F)cc2)ccc1=O. The minimum atomic E-state index is -4.88. The molecule has 2 aromatic carbocycles. The number of ether oxygens (including phenoxy) is 2. The Bertz CT molecular complexity index is 1220. The second-order valence-corrected chi connectivity index (χ2v) is 6.25. The summed E-state index contributed by atoms with van der Waals surface area (Å²) in [6, 6.07) is 11.5. The largest absolute Gasteiger partial charge is 0.573 e. The fourth-order valence-corrected chi connectivity index (χ4v) is 2.66. The van der Waals surface area contributed by atoms with Gasteiger partial charge in [-0.3, -0.25) is 4.79 Å². The van der Waals surface area contributed by atoms with Crippen molar-refractivity contribution in [1.29, 1.82) is 0 Å².